The Morgan fingerprint density at radius 2 is 1.27 bits per heavy atom. The number of ether oxygens (including phenoxy) is 2. The zero-order valence-corrected chi connectivity index (χ0v) is 15.5. The van der Waals surface area contributed by atoms with Gasteiger partial charge < -0.3 is 9.47 Å². The van der Waals surface area contributed by atoms with E-state index in [2.05, 4.69) is 20.8 Å². The van der Waals surface area contributed by atoms with Crippen molar-refractivity contribution in [3.05, 3.63) is 0 Å². The number of hydrogen-bond acceptors (Lipinski definition) is 2. The van der Waals surface area contributed by atoms with Crippen molar-refractivity contribution in [3.8, 4) is 0 Å². The summed E-state index contributed by atoms with van der Waals surface area (Å²) in [5, 5.41) is 0. The van der Waals surface area contributed by atoms with Gasteiger partial charge in [0.05, 0.1) is 13.2 Å². The maximum Gasteiger partial charge on any atom is 0.157 e. The number of hydrogen-bond donors (Lipinski definition) is 0. The Morgan fingerprint density at radius 1 is 0.727 bits per heavy atom. The van der Waals surface area contributed by atoms with E-state index in [9.17, 15) is 0 Å². The predicted molar refractivity (Wildman–Crippen MR) is 95.2 cm³/mol. The van der Waals surface area contributed by atoms with Crippen LogP contribution in [-0.4, -0.2) is 19.5 Å². The van der Waals surface area contributed by atoms with Gasteiger partial charge in [-0.15, -0.1) is 0 Å². The van der Waals surface area contributed by atoms with E-state index in [0.29, 0.717) is 5.41 Å². The first-order valence-electron chi connectivity index (χ1n) is 9.99. The van der Waals surface area contributed by atoms with Crippen molar-refractivity contribution in [2.45, 2.75) is 111 Å². The molecule has 0 aromatic heterocycles. The van der Waals surface area contributed by atoms with Crippen LogP contribution in [0.4, 0.5) is 0 Å². The maximum absolute atomic E-state index is 6.02. The minimum absolute atomic E-state index is 0.0707. The molecule has 132 valence electrons. The summed E-state index contributed by atoms with van der Waals surface area (Å²) < 4.78 is 12.0. The highest BCUT2D eigenvalue weighted by Gasteiger charge is 2.34. The van der Waals surface area contributed by atoms with E-state index in [1.807, 2.05) is 0 Å². The standard InChI is InChI=1S/C20H40O2/c1-4-7-9-10-11-12-13-14-15-19-21-17-20(6-3,18-22-19)16-8-5-2/h19H,4-18H2,1-3H3. The van der Waals surface area contributed by atoms with Crippen molar-refractivity contribution >= 4 is 0 Å². The van der Waals surface area contributed by atoms with Crippen LogP contribution < -0.4 is 0 Å². The van der Waals surface area contributed by atoms with Gasteiger partial charge >= 0.3 is 0 Å². The van der Waals surface area contributed by atoms with Crippen molar-refractivity contribution in [3.63, 3.8) is 0 Å². The quantitative estimate of drug-likeness (QED) is 0.362. The van der Waals surface area contributed by atoms with E-state index < -0.39 is 0 Å². The van der Waals surface area contributed by atoms with E-state index >= 15 is 0 Å². The summed E-state index contributed by atoms with van der Waals surface area (Å²) in [5.41, 5.74) is 0.297. The first-order chi connectivity index (χ1) is 10.8. The molecule has 0 radical (unpaired) electrons. The predicted octanol–water partition coefficient (Wildman–Crippen LogP) is 6.48. The Labute approximate surface area is 139 Å². The van der Waals surface area contributed by atoms with Crippen LogP contribution in [-0.2, 0) is 9.47 Å². The van der Waals surface area contributed by atoms with Crippen LogP contribution in [0, 0.1) is 5.41 Å². The maximum atomic E-state index is 6.02. The first kappa shape index (κ1) is 20.0. The molecule has 0 spiro atoms. The van der Waals surface area contributed by atoms with Gasteiger partial charge in [0.25, 0.3) is 0 Å². The summed E-state index contributed by atoms with van der Waals surface area (Å²) in [6.07, 6.45) is 17.1. The number of unbranched alkanes of at least 4 members (excludes halogenated alkanes) is 8. The average Bonchev–Trinajstić information content (AvgIpc) is 2.56. The molecule has 1 fully saturated rings. The largest absolute Gasteiger partial charge is 0.352 e. The third-order valence-electron chi connectivity index (χ3n) is 5.25. The number of rotatable bonds is 13. The molecule has 0 N–H and O–H groups in total. The van der Waals surface area contributed by atoms with Gasteiger partial charge in [-0.1, -0.05) is 78.6 Å². The second-order valence-electron chi connectivity index (χ2n) is 7.27. The lowest BCUT2D eigenvalue weighted by molar-refractivity contribution is -0.234. The second-order valence-corrected chi connectivity index (χ2v) is 7.27. The third kappa shape index (κ3) is 7.97. The van der Waals surface area contributed by atoms with Gasteiger partial charge in [-0.3, -0.25) is 0 Å². The molecule has 0 unspecified atom stereocenters. The average molecular weight is 313 g/mol. The lowest BCUT2D eigenvalue weighted by Gasteiger charge is -2.39. The summed E-state index contributed by atoms with van der Waals surface area (Å²) in [5.74, 6) is 0. The second kappa shape index (κ2) is 12.4. The van der Waals surface area contributed by atoms with Gasteiger partial charge in [-0.05, 0) is 25.7 Å². The molecule has 1 saturated heterocycles. The first-order valence-corrected chi connectivity index (χ1v) is 9.99. The van der Waals surface area contributed by atoms with Gasteiger partial charge in [0.1, 0.15) is 0 Å². The molecule has 1 aliphatic heterocycles. The van der Waals surface area contributed by atoms with Gasteiger partial charge in [0, 0.05) is 5.41 Å². The zero-order valence-electron chi connectivity index (χ0n) is 15.5. The minimum atomic E-state index is 0.0707. The lowest BCUT2D eigenvalue weighted by Crippen LogP contribution is -2.41. The normalized spacial score (nSPS) is 25.5. The highest BCUT2D eigenvalue weighted by atomic mass is 16.7. The Balaban J connectivity index is 2.03. The van der Waals surface area contributed by atoms with E-state index in [1.165, 1.54) is 77.0 Å². The van der Waals surface area contributed by atoms with Crippen molar-refractivity contribution in [1.82, 2.24) is 0 Å². The van der Waals surface area contributed by atoms with Crippen LogP contribution in [0.5, 0.6) is 0 Å². The van der Waals surface area contributed by atoms with Crippen molar-refractivity contribution < 1.29 is 9.47 Å². The molecule has 0 aliphatic carbocycles. The zero-order chi connectivity index (χ0) is 16.1. The molecule has 0 atom stereocenters. The molecule has 1 heterocycles. The van der Waals surface area contributed by atoms with E-state index in [1.54, 1.807) is 0 Å². The van der Waals surface area contributed by atoms with E-state index in [0.717, 1.165) is 19.6 Å². The fraction of sp³-hybridized carbons (Fsp3) is 1.00. The highest BCUT2D eigenvalue weighted by molar-refractivity contribution is 4.80. The molecular formula is C20H40O2. The Bertz CT molecular complexity index is 244. The van der Waals surface area contributed by atoms with Crippen LogP contribution in [0.2, 0.25) is 0 Å². The molecule has 0 aromatic carbocycles. The summed E-state index contributed by atoms with van der Waals surface area (Å²) >= 11 is 0. The van der Waals surface area contributed by atoms with Crippen LogP contribution in [0.15, 0.2) is 0 Å². The Hall–Kier alpha value is -0.0800. The summed E-state index contributed by atoms with van der Waals surface area (Å²) in [4.78, 5) is 0. The lowest BCUT2D eigenvalue weighted by atomic mass is 9.81. The summed E-state index contributed by atoms with van der Waals surface area (Å²) in [7, 11) is 0. The minimum Gasteiger partial charge on any atom is -0.352 e. The van der Waals surface area contributed by atoms with Crippen LogP contribution in [0.1, 0.15) is 104 Å². The molecule has 2 nitrogen and oxygen atoms in total. The van der Waals surface area contributed by atoms with E-state index in [-0.39, 0.29) is 6.29 Å². The molecule has 22 heavy (non-hydrogen) atoms. The van der Waals surface area contributed by atoms with E-state index in [4.69, 9.17) is 9.47 Å². The van der Waals surface area contributed by atoms with Gasteiger partial charge in [-0.2, -0.15) is 0 Å². The topological polar surface area (TPSA) is 18.5 Å². The Morgan fingerprint density at radius 3 is 1.82 bits per heavy atom. The van der Waals surface area contributed by atoms with Crippen molar-refractivity contribution in [1.29, 1.82) is 0 Å². The SMILES string of the molecule is CCCCCCCCCCC1OCC(CC)(CCCC)CO1. The fourth-order valence-corrected chi connectivity index (χ4v) is 3.32. The summed E-state index contributed by atoms with van der Waals surface area (Å²) in [6, 6.07) is 0. The van der Waals surface area contributed by atoms with Gasteiger partial charge in [0.2, 0.25) is 0 Å². The highest BCUT2D eigenvalue weighted by Crippen LogP contribution is 2.34. The molecule has 0 amide bonds. The van der Waals surface area contributed by atoms with Crippen LogP contribution in [0.25, 0.3) is 0 Å². The molecule has 0 saturated carbocycles. The molecule has 2 heteroatoms. The summed E-state index contributed by atoms with van der Waals surface area (Å²) in [6.45, 7) is 8.64. The van der Waals surface area contributed by atoms with Crippen molar-refractivity contribution in [2.24, 2.45) is 5.41 Å². The molecule has 0 bridgehead atoms. The molecule has 1 rings (SSSR count). The van der Waals surface area contributed by atoms with Crippen LogP contribution in [0.3, 0.4) is 0 Å². The molecule has 0 aromatic rings. The fourth-order valence-electron chi connectivity index (χ4n) is 3.32. The molecular weight excluding hydrogens is 272 g/mol. The smallest absolute Gasteiger partial charge is 0.157 e. The van der Waals surface area contributed by atoms with Crippen molar-refractivity contribution in [2.75, 3.05) is 13.2 Å². The van der Waals surface area contributed by atoms with Gasteiger partial charge in [0.15, 0.2) is 6.29 Å². The van der Waals surface area contributed by atoms with Gasteiger partial charge in [-0.25, -0.2) is 0 Å². The Kier molecular flexibility index (Phi) is 11.2. The van der Waals surface area contributed by atoms with Crippen LogP contribution >= 0.6 is 0 Å². The monoisotopic (exact) mass is 312 g/mol. The third-order valence-corrected chi connectivity index (χ3v) is 5.25. The molecule has 1 aliphatic rings.